The SMILES string of the molecule is N#Cc1ccnc(Oc2cc(Br)cc(F)c2F)c1[N+](=O)[O-]. The summed E-state index contributed by atoms with van der Waals surface area (Å²) in [5.74, 6) is -3.71. The molecule has 0 atom stereocenters. The zero-order valence-electron chi connectivity index (χ0n) is 10.0. The van der Waals surface area contributed by atoms with Crippen LogP contribution in [0.1, 0.15) is 5.56 Å². The van der Waals surface area contributed by atoms with Gasteiger partial charge in [0.05, 0.1) is 4.92 Å². The fourth-order valence-electron chi connectivity index (χ4n) is 1.49. The third kappa shape index (κ3) is 2.95. The molecule has 1 heterocycles. The number of halogens is 3. The van der Waals surface area contributed by atoms with Crippen molar-refractivity contribution in [3.05, 3.63) is 56.2 Å². The summed E-state index contributed by atoms with van der Waals surface area (Å²) in [7, 11) is 0. The number of ether oxygens (including phenoxy) is 1. The van der Waals surface area contributed by atoms with Crippen LogP contribution in [0.15, 0.2) is 28.9 Å². The van der Waals surface area contributed by atoms with Crippen LogP contribution in [0, 0.1) is 33.1 Å². The lowest BCUT2D eigenvalue weighted by Gasteiger charge is -2.07. The van der Waals surface area contributed by atoms with Gasteiger partial charge in [0.2, 0.25) is 5.82 Å². The van der Waals surface area contributed by atoms with E-state index in [2.05, 4.69) is 20.9 Å². The maximum absolute atomic E-state index is 13.6. The van der Waals surface area contributed by atoms with E-state index in [0.29, 0.717) is 0 Å². The first-order chi connectivity index (χ1) is 9.93. The lowest BCUT2D eigenvalue weighted by molar-refractivity contribution is -0.386. The van der Waals surface area contributed by atoms with E-state index in [1.807, 2.05) is 0 Å². The molecule has 0 aliphatic heterocycles. The second-order valence-corrected chi connectivity index (χ2v) is 4.60. The summed E-state index contributed by atoms with van der Waals surface area (Å²) >= 11 is 2.94. The van der Waals surface area contributed by atoms with Crippen molar-refractivity contribution in [2.75, 3.05) is 0 Å². The van der Waals surface area contributed by atoms with Gasteiger partial charge in [0, 0.05) is 10.7 Å². The van der Waals surface area contributed by atoms with Gasteiger partial charge in [-0.3, -0.25) is 10.1 Å². The van der Waals surface area contributed by atoms with Gasteiger partial charge in [-0.1, -0.05) is 15.9 Å². The number of nitrogens with zero attached hydrogens (tertiary/aromatic N) is 3. The number of aromatic nitrogens is 1. The third-order valence-corrected chi connectivity index (χ3v) is 2.82. The molecule has 0 aliphatic carbocycles. The minimum Gasteiger partial charge on any atom is -0.430 e. The predicted octanol–water partition coefficient (Wildman–Crippen LogP) is 3.69. The van der Waals surface area contributed by atoms with Crippen molar-refractivity contribution in [2.45, 2.75) is 0 Å². The maximum Gasteiger partial charge on any atom is 0.348 e. The number of nitro groups is 1. The normalized spacial score (nSPS) is 10.0. The first kappa shape index (κ1) is 14.8. The Bertz CT molecular complexity index is 777. The lowest BCUT2D eigenvalue weighted by Crippen LogP contribution is -2.00. The Hall–Kier alpha value is -2.60. The second kappa shape index (κ2) is 5.80. The van der Waals surface area contributed by atoms with Gasteiger partial charge >= 0.3 is 11.6 Å². The Morgan fingerprint density at radius 1 is 1.43 bits per heavy atom. The highest BCUT2D eigenvalue weighted by Crippen LogP contribution is 2.34. The van der Waals surface area contributed by atoms with Gasteiger partial charge in [0.1, 0.15) is 11.6 Å². The molecule has 106 valence electrons. The third-order valence-electron chi connectivity index (χ3n) is 2.36. The molecule has 0 aliphatic rings. The molecule has 0 amide bonds. The van der Waals surface area contributed by atoms with E-state index in [9.17, 15) is 18.9 Å². The Kier molecular flexibility index (Phi) is 4.09. The van der Waals surface area contributed by atoms with E-state index in [0.717, 1.165) is 24.4 Å². The van der Waals surface area contributed by atoms with E-state index < -0.39 is 33.9 Å². The number of rotatable bonds is 3. The molecule has 9 heteroatoms. The van der Waals surface area contributed by atoms with Crippen LogP contribution < -0.4 is 4.74 Å². The van der Waals surface area contributed by atoms with Crippen molar-refractivity contribution in [2.24, 2.45) is 0 Å². The maximum atomic E-state index is 13.6. The van der Waals surface area contributed by atoms with Crippen molar-refractivity contribution in [1.82, 2.24) is 4.98 Å². The van der Waals surface area contributed by atoms with E-state index in [-0.39, 0.29) is 10.0 Å². The largest absolute Gasteiger partial charge is 0.430 e. The van der Waals surface area contributed by atoms with Crippen molar-refractivity contribution in [3.8, 4) is 17.7 Å². The molecule has 21 heavy (non-hydrogen) atoms. The Labute approximate surface area is 124 Å². The second-order valence-electron chi connectivity index (χ2n) is 3.68. The minimum absolute atomic E-state index is 0.176. The fourth-order valence-corrected chi connectivity index (χ4v) is 1.90. The van der Waals surface area contributed by atoms with Crippen molar-refractivity contribution < 1.29 is 18.4 Å². The summed E-state index contributed by atoms with van der Waals surface area (Å²) in [6.45, 7) is 0. The highest BCUT2D eigenvalue weighted by molar-refractivity contribution is 9.10. The average Bonchev–Trinajstić information content (AvgIpc) is 2.43. The topological polar surface area (TPSA) is 89.0 Å². The van der Waals surface area contributed by atoms with Gasteiger partial charge in [-0.25, -0.2) is 9.37 Å². The van der Waals surface area contributed by atoms with Crippen LogP contribution in [-0.2, 0) is 0 Å². The quantitative estimate of drug-likeness (QED) is 0.475. The van der Waals surface area contributed by atoms with E-state index in [1.54, 1.807) is 6.07 Å². The van der Waals surface area contributed by atoms with Gasteiger partial charge in [-0.15, -0.1) is 0 Å². The zero-order valence-corrected chi connectivity index (χ0v) is 11.6. The van der Waals surface area contributed by atoms with E-state index in [1.165, 1.54) is 0 Å². The molecular weight excluding hydrogens is 352 g/mol. The standard InChI is InChI=1S/C12H4BrF2N3O3/c13-7-3-8(14)10(15)9(4-7)21-12-11(18(19)20)6(5-16)1-2-17-12/h1-4H. The number of benzene rings is 1. The number of nitriles is 1. The Morgan fingerprint density at radius 3 is 2.76 bits per heavy atom. The number of hydrogen-bond donors (Lipinski definition) is 0. The van der Waals surface area contributed by atoms with Crippen LogP contribution in [-0.4, -0.2) is 9.91 Å². The number of hydrogen-bond acceptors (Lipinski definition) is 5. The van der Waals surface area contributed by atoms with E-state index in [4.69, 9.17) is 10.00 Å². The molecule has 0 bridgehead atoms. The monoisotopic (exact) mass is 355 g/mol. The first-order valence-electron chi connectivity index (χ1n) is 5.30. The highest BCUT2D eigenvalue weighted by Gasteiger charge is 2.24. The van der Waals surface area contributed by atoms with Crippen molar-refractivity contribution >= 4 is 21.6 Å². The average molecular weight is 356 g/mol. The molecule has 0 unspecified atom stereocenters. The lowest BCUT2D eigenvalue weighted by atomic mass is 10.2. The Balaban J connectivity index is 2.55. The molecule has 2 rings (SSSR count). The van der Waals surface area contributed by atoms with E-state index >= 15 is 0 Å². The molecule has 0 N–H and O–H groups in total. The fraction of sp³-hybridized carbons (Fsp3) is 0. The molecule has 0 saturated carbocycles. The summed E-state index contributed by atoms with van der Waals surface area (Å²) in [6.07, 6.45) is 1.09. The van der Waals surface area contributed by atoms with Crippen LogP contribution in [0.4, 0.5) is 14.5 Å². The highest BCUT2D eigenvalue weighted by atomic mass is 79.9. The van der Waals surface area contributed by atoms with Gasteiger partial charge < -0.3 is 4.74 Å². The minimum atomic E-state index is -1.32. The molecule has 0 radical (unpaired) electrons. The van der Waals surface area contributed by atoms with Crippen LogP contribution >= 0.6 is 15.9 Å². The van der Waals surface area contributed by atoms with Crippen molar-refractivity contribution in [1.29, 1.82) is 5.26 Å². The van der Waals surface area contributed by atoms with Gasteiger partial charge in [0.25, 0.3) is 0 Å². The van der Waals surface area contributed by atoms with Gasteiger partial charge in [0.15, 0.2) is 11.6 Å². The van der Waals surface area contributed by atoms with Crippen LogP contribution in [0.2, 0.25) is 0 Å². The molecule has 0 saturated heterocycles. The zero-order chi connectivity index (χ0) is 15.6. The van der Waals surface area contributed by atoms with Crippen LogP contribution in [0.5, 0.6) is 11.6 Å². The predicted molar refractivity (Wildman–Crippen MR) is 69.7 cm³/mol. The molecule has 2 aromatic rings. The Morgan fingerprint density at radius 2 is 2.14 bits per heavy atom. The van der Waals surface area contributed by atoms with Gasteiger partial charge in [-0.05, 0) is 18.2 Å². The summed E-state index contributed by atoms with van der Waals surface area (Å²) in [4.78, 5) is 13.7. The smallest absolute Gasteiger partial charge is 0.348 e. The summed E-state index contributed by atoms with van der Waals surface area (Å²) in [5.41, 5.74) is -1.03. The first-order valence-corrected chi connectivity index (χ1v) is 6.09. The summed E-state index contributed by atoms with van der Waals surface area (Å²) < 4.78 is 32.0. The summed E-state index contributed by atoms with van der Waals surface area (Å²) in [6, 6.07) is 4.67. The summed E-state index contributed by atoms with van der Waals surface area (Å²) in [5, 5.41) is 19.8. The van der Waals surface area contributed by atoms with Gasteiger partial charge in [-0.2, -0.15) is 9.65 Å². The molecule has 1 aromatic carbocycles. The molecule has 1 aromatic heterocycles. The van der Waals surface area contributed by atoms with Crippen LogP contribution in [0.3, 0.4) is 0 Å². The van der Waals surface area contributed by atoms with Crippen LogP contribution in [0.25, 0.3) is 0 Å². The molecule has 6 nitrogen and oxygen atoms in total. The number of pyridine rings is 1. The molecular formula is C12H4BrF2N3O3. The van der Waals surface area contributed by atoms with Crippen molar-refractivity contribution in [3.63, 3.8) is 0 Å². The molecule has 0 spiro atoms. The molecule has 0 fully saturated rings.